The van der Waals surface area contributed by atoms with E-state index in [0.29, 0.717) is 21.7 Å². The zero-order chi connectivity index (χ0) is 22.7. The number of amides is 1. The third-order valence-corrected chi connectivity index (χ3v) is 4.81. The number of para-hydroxylation sites is 1. The number of nitrogens with one attached hydrogen (secondary N) is 2. The summed E-state index contributed by atoms with van der Waals surface area (Å²) in [5.74, 6) is -0.850. The lowest BCUT2D eigenvalue weighted by atomic mass is 10.0. The van der Waals surface area contributed by atoms with Crippen LogP contribution in [0.3, 0.4) is 0 Å². The van der Waals surface area contributed by atoms with Crippen LogP contribution in [0.15, 0.2) is 77.9 Å². The van der Waals surface area contributed by atoms with E-state index in [-0.39, 0.29) is 11.4 Å². The number of ether oxygens (including phenoxy) is 1. The zero-order valence-corrected chi connectivity index (χ0v) is 17.0. The molecule has 0 saturated heterocycles. The number of aromatic nitrogens is 1. The number of carbonyl (C=O) groups excluding carboxylic acids is 1. The van der Waals surface area contributed by atoms with Crippen molar-refractivity contribution in [1.29, 1.82) is 0 Å². The largest absolute Gasteiger partial charge is 0.573 e. The number of hydrazone groups is 1. The number of nitrogens with zero attached hydrogens (tertiary/aromatic N) is 1. The van der Waals surface area contributed by atoms with Crippen molar-refractivity contribution in [1.82, 2.24) is 10.4 Å². The summed E-state index contributed by atoms with van der Waals surface area (Å²) in [4.78, 5) is 15.9. The molecule has 0 bridgehead atoms. The number of alkyl halides is 3. The van der Waals surface area contributed by atoms with Gasteiger partial charge >= 0.3 is 6.36 Å². The molecular weight excluding hydrogens is 443 g/mol. The minimum Gasteiger partial charge on any atom is -0.406 e. The minimum atomic E-state index is -4.78. The molecule has 0 aliphatic heterocycles. The van der Waals surface area contributed by atoms with Gasteiger partial charge in [-0.3, -0.25) is 4.79 Å². The van der Waals surface area contributed by atoms with Gasteiger partial charge in [0.2, 0.25) is 0 Å². The second-order valence-corrected chi connectivity index (χ2v) is 7.18. The highest BCUT2D eigenvalue weighted by atomic mass is 35.5. The summed E-state index contributed by atoms with van der Waals surface area (Å²) < 4.78 is 41.3. The molecule has 0 fully saturated rings. The first-order valence-electron chi connectivity index (χ1n) is 9.36. The van der Waals surface area contributed by atoms with Crippen LogP contribution in [0, 0.1) is 0 Å². The third kappa shape index (κ3) is 4.92. The average Bonchev–Trinajstić information content (AvgIpc) is 3.14. The molecule has 32 heavy (non-hydrogen) atoms. The van der Waals surface area contributed by atoms with Crippen LogP contribution < -0.4 is 10.2 Å². The number of rotatable bonds is 5. The van der Waals surface area contributed by atoms with Crippen LogP contribution in [-0.2, 0) is 0 Å². The maximum Gasteiger partial charge on any atom is 0.573 e. The maximum atomic E-state index is 12.9. The number of carbonyl (C=O) groups is 1. The molecule has 0 radical (unpaired) electrons. The van der Waals surface area contributed by atoms with Crippen molar-refractivity contribution in [3.63, 3.8) is 0 Å². The van der Waals surface area contributed by atoms with Gasteiger partial charge < -0.3 is 9.72 Å². The van der Waals surface area contributed by atoms with Gasteiger partial charge in [0, 0.05) is 21.5 Å². The Bertz CT molecular complexity index is 1280. The molecule has 0 aliphatic rings. The lowest BCUT2D eigenvalue weighted by Crippen LogP contribution is -2.19. The number of hydrogen-bond acceptors (Lipinski definition) is 3. The molecule has 1 heterocycles. The van der Waals surface area contributed by atoms with Gasteiger partial charge in [0.25, 0.3) is 5.91 Å². The van der Waals surface area contributed by atoms with Gasteiger partial charge in [-0.15, -0.1) is 13.2 Å². The van der Waals surface area contributed by atoms with Crippen LogP contribution in [0.2, 0.25) is 5.02 Å². The molecule has 162 valence electrons. The molecule has 1 amide bonds. The van der Waals surface area contributed by atoms with E-state index in [1.165, 1.54) is 30.5 Å². The van der Waals surface area contributed by atoms with Crippen molar-refractivity contribution in [2.24, 2.45) is 5.10 Å². The van der Waals surface area contributed by atoms with Crippen LogP contribution in [0.4, 0.5) is 13.2 Å². The Kier molecular flexibility index (Phi) is 5.87. The smallest absolute Gasteiger partial charge is 0.406 e. The Morgan fingerprint density at radius 1 is 1.00 bits per heavy atom. The summed E-state index contributed by atoms with van der Waals surface area (Å²) in [7, 11) is 0. The summed E-state index contributed by atoms with van der Waals surface area (Å²) in [6, 6.07) is 19.4. The number of H-pyrrole nitrogens is 1. The highest BCUT2D eigenvalue weighted by Crippen LogP contribution is 2.34. The van der Waals surface area contributed by atoms with E-state index in [1.54, 1.807) is 36.4 Å². The van der Waals surface area contributed by atoms with Crippen LogP contribution in [0.1, 0.15) is 16.1 Å². The molecule has 0 saturated carbocycles. The quantitative estimate of drug-likeness (QED) is 0.279. The van der Waals surface area contributed by atoms with Gasteiger partial charge in [0.15, 0.2) is 0 Å². The molecule has 0 spiro atoms. The number of benzene rings is 3. The Labute approximate surface area is 185 Å². The van der Waals surface area contributed by atoms with Gasteiger partial charge in [-0.1, -0.05) is 54.1 Å². The van der Waals surface area contributed by atoms with Crippen molar-refractivity contribution >= 4 is 34.6 Å². The number of fused-ring (bicyclic) bond motifs is 1. The predicted octanol–water partition coefficient (Wildman–Crippen LogP) is 6.15. The van der Waals surface area contributed by atoms with Crippen molar-refractivity contribution in [3.05, 3.63) is 89.1 Å². The van der Waals surface area contributed by atoms with Crippen LogP contribution in [0.25, 0.3) is 22.0 Å². The molecule has 3 aromatic carbocycles. The van der Waals surface area contributed by atoms with Gasteiger partial charge in [0.05, 0.1) is 6.21 Å². The maximum absolute atomic E-state index is 12.9. The van der Waals surface area contributed by atoms with E-state index in [9.17, 15) is 18.0 Å². The second-order valence-electron chi connectivity index (χ2n) is 6.74. The zero-order valence-electron chi connectivity index (χ0n) is 16.3. The molecule has 9 heteroatoms. The van der Waals surface area contributed by atoms with E-state index in [0.717, 1.165) is 10.9 Å². The molecular formula is C23H15ClF3N3O2. The van der Waals surface area contributed by atoms with Gasteiger partial charge in [-0.05, 0) is 41.5 Å². The normalized spacial score (nSPS) is 11.8. The Morgan fingerprint density at radius 2 is 1.69 bits per heavy atom. The van der Waals surface area contributed by atoms with Crippen LogP contribution in [-0.4, -0.2) is 23.5 Å². The summed E-state index contributed by atoms with van der Waals surface area (Å²) in [6.45, 7) is 0. The fourth-order valence-corrected chi connectivity index (χ4v) is 3.33. The predicted molar refractivity (Wildman–Crippen MR) is 117 cm³/mol. The van der Waals surface area contributed by atoms with E-state index < -0.39 is 12.3 Å². The molecule has 0 aliphatic carbocycles. The minimum absolute atomic E-state index is 0.226. The Hall–Kier alpha value is -3.78. The highest BCUT2D eigenvalue weighted by molar-refractivity contribution is 6.30. The number of hydrogen-bond donors (Lipinski definition) is 2. The topological polar surface area (TPSA) is 66.5 Å². The fourth-order valence-electron chi connectivity index (χ4n) is 3.21. The lowest BCUT2D eigenvalue weighted by Gasteiger charge is -2.10. The summed E-state index contributed by atoms with van der Waals surface area (Å²) in [5.41, 5.74) is 5.22. The van der Waals surface area contributed by atoms with Gasteiger partial charge in [-0.25, -0.2) is 5.43 Å². The van der Waals surface area contributed by atoms with E-state index in [4.69, 9.17) is 11.6 Å². The molecule has 0 atom stereocenters. The van der Waals surface area contributed by atoms with E-state index >= 15 is 0 Å². The van der Waals surface area contributed by atoms with Crippen molar-refractivity contribution < 1.29 is 22.7 Å². The molecule has 0 unspecified atom stereocenters. The monoisotopic (exact) mass is 457 g/mol. The summed E-state index contributed by atoms with van der Waals surface area (Å²) in [6.07, 6.45) is -3.31. The van der Waals surface area contributed by atoms with Crippen molar-refractivity contribution in [2.75, 3.05) is 0 Å². The van der Waals surface area contributed by atoms with E-state index in [1.807, 2.05) is 12.1 Å². The molecule has 4 rings (SSSR count). The summed E-state index contributed by atoms with van der Waals surface area (Å²) >= 11 is 5.85. The van der Waals surface area contributed by atoms with Crippen LogP contribution in [0.5, 0.6) is 5.75 Å². The molecule has 5 nitrogen and oxygen atoms in total. The molecule has 1 aromatic heterocycles. The lowest BCUT2D eigenvalue weighted by molar-refractivity contribution is -0.274. The standard InChI is InChI=1S/C23H15ClF3N3O2/c24-16-9-5-14(6-10-16)13-28-30-22(31)21-20(18-3-1-2-4-19(18)29-21)15-7-11-17(12-8-15)32-23(25,26)27/h1-13,29H,(H,30,31)/b28-13-. The third-order valence-electron chi connectivity index (χ3n) is 4.56. The SMILES string of the molecule is O=C(N/N=C\c1ccc(Cl)cc1)c1[nH]c2ccccc2c1-c1ccc(OC(F)(F)F)cc1. The number of halogens is 4. The van der Waals surface area contributed by atoms with Crippen molar-refractivity contribution in [2.45, 2.75) is 6.36 Å². The molecule has 2 N–H and O–H groups in total. The Balaban J connectivity index is 1.64. The molecule has 4 aromatic rings. The van der Waals surface area contributed by atoms with Crippen LogP contribution >= 0.6 is 11.6 Å². The number of aromatic amines is 1. The van der Waals surface area contributed by atoms with Gasteiger partial charge in [0.1, 0.15) is 11.4 Å². The second kappa shape index (κ2) is 8.76. The van der Waals surface area contributed by atoms with Gasteiger partial charge in [-0.2, -0.15) is 5.10 Å². The first kappa shape index (κ1) is 21.5. The highest BCUT2D eigenvalue weighted by Gasteiger charge is 2.31. The first-order valence-corrected chi connectivity index (χ1v) is 9.74. The fraction of sp³-hybridized carbons (Fsp3) is 0.0435. The van der Waals surface area contributed by atoms with E-state index in [2.05, 4.69) is 20.2 Å². The first-order chi connectivity index (χ1) is 15.3. The van der Waals surface area contributed by atoms with Crippen molar-refractivity contribution in [3.8, 4) is 16.9 Å². The average molecular weight is 458 g/mol. The summed E-state index contributed by atoms with van der Waals surface area (Å²) in [5, 5.41) is 5.30. The Morgan fingerprint density at radius 3 is 2.38 bits per heavy atom.